The Morgan fingerprint density at radius 1 is 1.36 bits per heavy atom. The first-order chi connectivity index (χ1) is 10.8. The molecule has 4 nitrogen and oxygen atoms in total. The number of furan rings is 1. The number of ether oxygens (including phenoxy) is 1. The van der Waals surface area contributed by atoms with E-state index in [1.807, 2.05) is 17.0 Å². The van der Waals surface area contributed by atoms with Crippen molar-refractivity contribution in [2.24, 2.45) is 5.92 Å². The lowest BCUT2D eigenvalue weighted by Crippen LogP contribution is -2.33. The minimum atomic E-state index is 0.212. The van der Waals surface area contributed by atoms with E-state index in [1.54, 1.807) is 13.4 Å². The molecule has 1 saturated carbocycles. The smallest absolute Gasteiger partial charge is 0.223 e. The lowest BCUT2D eigenvalue weighted by Gasteiger charge is -2.23. The minimum Gasteiger partial charge on any atom is -0.467 e. The summed E-state index contributed by atoms with van der Waals surface area (Å²) in [5, 5.41) is 0. The third-order valence-corrected chi connectivity index (χ3v) is 4.57. The number of carbonyl (C=O) groups is 1. The van der Waals surface area contributed by atoms with Gasteiger partial charge in [0.2, 0.25) is 5.91 Å². The molecule has 1 aromatic rings. The number of rotatable bonds is 9. The molecule has 1 amide bonds. The molecule has 1 heterocycles. The minimum absolute atomic E-state index is 0.212. The van der Waals surface area contributed by atoms with Crippen LogP contribution in [0.5, 0.6) is 0 Å². The second-order valence-electron chi connectivity index (χ2n) is 6.28. The third kappa shape index (κ3) is 5.84. The number of amides is 1. The fourth-order valence-corrected chi connectivity index (χ4v) is 3.26. The van der Waals surface area contributed by atoms with Gasteiger partial charge in [0, 0.05) is 20.1 Å². The van der Waals surface area contributed by atoms with E-state index < -0.39 is 0 Å². The van der Waals surface area contributed by atoms with Gasteiger partial charge in [0.15, 0.2) is 0 Å². The van der Waals surface area contributed by atoms with Crippen molar-refractivity contribution in [3.63, 3.8) is 0 Å². The maximum atomic E-state index is 12.4. The molecule has 0 atom stereocenters. The molecular weight excluding hydrogens is 278 g/mol. The molecule has 0 radical (unpaired) electrons. The van der Waals surface area contributed by atoms with Crippen LogP contribution in [0.3, 0.4) is 0 Å². The van der Waals surface area contributed by atoms with Gasteiger partial charge in [-0.2, -0.15) is 0 Å². The SMILES string of the molecule is COCCN(Cc1ccco1)C(=O)CCCC1CCCCC1. The van der Waals surface area contributed by atoms with Crippen LogP contribution in [0.2, 0.25) is 0 Å². The number of methoxy groups -OCH3 is 1. The van der Waals surface area contributed by atoms with Gasteiger partial charge >= 0.3 is 0 Å². The topological polar surface area (TPSA) is 42.7 Å². The normalized spacial score (nSPS) is 15.9. The Balaban J connectivity index is 1.74. The third-order valence-electron chi connectivity index (χ3n) is 4.57. The van der Waals surface area contributed by atoms with Crippen LogP contribution in [0.1, 0.15) is 57.1 Å². The predicted octanol–water partition coefficient (Wildman–Crippen LogP) is 4.01. The molecule has 0 unspecified atom stereocenters. The molecule has 22 heavy (non-hydrogen) atoms. The van der Waals surface area contributed by atoms with E-state index in [-0.39, 0.29) is 5.91 Å². The van der Waals surface area contributed by atoms with Crippen LogP contribution in [0.15, 0.2) is 22.8 Å². The molecule has 1 aromatic heterocycles. The molecule has 0 aromatic carbocycles. The van der Waals surface area contributed by atoms with Crippen molar-refractivity contribution in [2.45, 2.75) is 57.9 Å². The Labute approximate surface area is 133 Å². The van der Waals surface area contributed by atoms with E-state index in [1.165, 1.54) is 38.5 Å². The van der Waals surface area contributed by atoms with Crippen LogP contribution in [-0.2, 0) is 16.1 Å². The van der Waals surface area contributed by atoms with Gasteiger partial charge in [-0.25, -0.2) is 0 Å². The van der Waals surface area contributed by atoms with Crippen molar-refractivity contribution in [3.05, 3.63) is 24.2 Å². The second-order valence-corrected chi connectivity index (χ2v) is 6.28. The average Bonchev–Trinajstić information content (AvgIpc) is 3.05. The summed E-state index contributed by atoms with van der Waals surface area (Å²) >= 11 is 0. The Morgan fingerprint density at radius 2 is 2.18 bits per heavy atom. The van der Waals surface area contributed by atoms with E-state index in [0.717, 1.165) is 18.1 Å². The fourth-order valence-electron chi connectivity index (χ4n) is 3.26. The highest BCUT2D eigenvalue weighted by Crippen LogP contribution is 2.27. The van der Waals surface area contributed by atoms with Crippen LogP contribution in [0, 0.1) is 5.92 Å². The summed E-state index contributed by atoms with van der Waals surface area (Å²) in [7, 11) is 1.67. The first kappa shape index (κ1) is 17.1. The van der Waals surface area contributed by atoms with Crippen LogP contribution in [0.4, 0.5) is 0 Å². The highest BCUT2D eigenvalue weighted by molar-refractivity contribution is 5.76. The molecule has 1 fully saturated rings. The lowest BCUT2D eigenvalue weighted by molar-refractivity contribution is -0.132. The summed E-state index contributed by atoms with van der Waals surface area (Å²) in [6.07, 6.45) is 11.3. The summed E-state index contributed by atoms with van der Waals surface area (Å²) in [5.41, 5.74) is 0. The van der Waals surface area contributed by atoms with Gasteiger partial charge in [-0.05, 0) is 30.9 Å². The Bertz CT molecular complexity index is 410. The van der Waals surface area contributed by atoms with Crippen molar-refractivity contribution in [2.75, 3.05) is 20.3 Å². The molecule has 4 heteroatoms. The van der Waals surface area contributed by atoms with Gasteiger partial charge in [-0.3, -0.25) is 4.79 Å². The number of carbonyl (C=O) groups excluding carboxylic acids is 1. The molecule has 1 aliphatic rings. The Hall–Kier alpha value is -1.29. The molecule has 0 spiro atoms. The summed E-state index contributed by atoms with van der Waals surface area (Å²) in [6, 6.07) is 3.77. The Morgan fingerprint density at radius 3 is 2.86 bits per heavy atom. The maximum absolute atomic E-state index is 12.4. The van der Waals surface area contributed by atoms with E-state index in [0.29, 0.717) is 26.1 Å². The summed E-state index contributed by atoms with van der Waals surface area (Å²) in [6.45, 7) is 1.73. The standard InChI is InChI=1S/C18H29NO3/c1-21-14-12-19(15-17-10-6-13-22-17)18(20)11-5-9-16-7-3-2-4-8-16/h6,10,13,16H,2-5,7-9,11-12,14-15H2,1H3. The summed E-state index contributed by atoms with van der Waals surface area (Å²) < 4.78 is 10.5. The van der Waals surface area contributed by atoms with Gasteiger partial charge in [-0.15, -0.1) is 0 Å². The van der Waals surface area contributed by atoms with Crippen molar-refractivity contribution < 1.29 is 13.9 Å². The zero-order chi connectivity index (χ0) is 15.6. The second kappa shape index (κ2) is 9.67. The summed E-state index contributed by atoms with van der Waals surface area (Å²) in [5.74, 6) is 1.89. The molecule has 0 bridgehead atoms. The van der Waals surface area contributed by atoms with Gasteiger partial charge in [0.1, 0.15) is 5.76 Å². The zero-order valence-electron chi connectivity index (χ0n) is 13.8. The van der Waals surface area contributed by atoms with Gasteiger partial charge in [0.05, 0.1) is 19.4 Å². The van der Waals surface area contributed by atoms with Crippen LogP contribution >= 0.6 is 0 Å². The molecule has 2 rings (SSSR count). The number of hydrogen-bond acceptors (Lipinski definition) is 3. The van der Waals surface area contributed by atoms with Gasteiger partial charge in [-0.1, -0.05) is 32.1 Å². The molecule has 0 aliphatic heterocycles. The monoisotopic (exact) mass is 307 g/mol. The lowest BCUT2D eigenvalue weighted by atomic mass is 9.86. The van der Waals surface area contributed by atoms with E-state index in [9.17, 15) is 4.79 Å². The van der Waals surface area contributed by atoms with Crippen molar-refractivity contribution in [3.8, 4) is 0 Å². The first-order valence-corrected chi connectivity index (χ1v) is 8.58. The maximum Gasteiger partial charge on any atom is 0.223 e. The highest BCUT2D eigenvalue weighted by atomic mass is 16.5. The predicted molar refractivity (Wildman–Crippen MR) is 86.4 cm³/mol. The number of hydrogen-bond donors (Lipinski definition) is 0. The quantitative estimate of drug-likeness (QED) is 0.692. The van der Waals surface area contributed by atoms with Crippen molar-refractivity contribution in [1.82, 2.24) is 4.90 Å². The molecular formula is C18H29NO3. The molecule has 0 saturated heterocycles. The largest absolute Gasteiger partial charge is 0.467 e. The van der Waals surface area contributed by atoms with Crippen LogP contribution in [-0.4, -0.2) is 31.1 Å². The fraction of sp³-hybridized carbons (Fsp3) is 0.722. The highest BCUT2D eigenvalue weighted by Gasteiger charge is 2.17. The first-order valence-electron chi connectivity index (χ1n) is 8.58. The molecule has 0 N–H and O–H groups in total. The molecule has 124 valence electrons. The average molecular weight is 307 g/mol. The molecule has 1 aliphatic carbocycles. The summed E-state index contributed by atoms with van der Waals surface area (Å²) in [4.78, 5) is 14.3. The van der Waals surface area contributed by atoms with Gasteiger partial charge in [0.25, 0.3) is 0 Å². The number of nitrogens with zero attached hydrogens (tertiary/aromatic N) is 1. The van der Waals surface area contributed by atoms with Gasteiger partial charge < -0.3 is 14.1 Å². The van der Waals surface area contributed by atoms with E-state index in [4.69, 9.17) is 9.15 Å². The Kier molecular flexibility index (Phi) is 7.50. The van der Waals surface area contributed by atoms with Crippen molar-refractivity contribution in [1.29, 1.82) is 0 Å². The zero-order valence-corrected chi connectivity index (χ0v) is 13.8. The van der Waals surface area contributed by atoms with Crippen LogP contribution in [0.25, 0.3) is 0 Å². The van der Waals surface area contributed by atoms with Crippen LogP contribution < -0.4 is 0 Å². The van der Waals surface area contributed by atoms with Crippen molar-refractivity contribution >= 4 is 5.91 Å². The van der Waals surface area contributed by atoms with E-state index in [2.05, 4.69) is 0 Å². The van der Waals surface area contributed by atoms with E-state index >= 15 is 0 Å².